The summed E-state index contributed by atoms with van der Waals surface area (Å²) in [7, 11) is 0. The van der Waals surface area contributed by atoms with Gasteiger partial charge >= 0.3 is 0 Å². The topological polar surface area (TPSA) is 24.1 Å². The van der Waals surface area contributed by atoms with Crippen LogP contribution in [-0.4, -0.2) is 19.6 Å². The predicted octanol–water partition coefficient (Wildman–Crippen LogP) is 2.96. The van der Waals surface area contributed by atoms with Gasteiger partial charge in [0, 0.05) is 29.2 Å². The monoisotopic (exact) mass is 268 g/mol. The van der Waals surface area contributed by atoms with Crippen molar-refractivity contribution in [2.75, 3.05) is 25.0 Å². The number of halogens is 1. The van der Waals surface area contributed by atoms with E-state index in [0.29, 0.717) is 5.92 Å². The molecule has 82 valence electrons. The van der Waals surface area contributed by atoms with Crippen LogP contribution in [0.2, 0.25) is 0 Å². The fourth-order valence-corrected chi connectivity index (χ4v) is 2.47. The van der Waals surface area contributed by atoms with Gasteiger partial charge in [0.25, 0.3) is 0 Å². The molecule has 2 N–H and O–H groups in total. The zero-order valence-electron chi connectivity index (χ0n) is 9.02. The van der Waals surface area contributed by atoms with Gasteiger partial charge in [-0.15, -0.1) is 0 Å². The molecule has 1 aliphatic rings. The fraction of sp³-hybridized carbons (Fsp3) is 0.500. The Labute approximate surface area is 99.6 Å². The van der Waals surface area contributed by atoms with E-state index in [1.165, 1.54) is 17.7 Å². The fourth-order valence-electron chi connectivity index (χ4n) is 2.10. The molecule has 0 radical (unpaired) electrons. The largest absolute Gasteiger partial charge is 0.385 e. The lowest BCUT2D eigenvalue weighted by Crippen LogP contribution is -2.26. The van der Waals surface area contributed by atoms with E-state index in [2.05, 4.69) is 51.7 Å². The first kappa shape index (κ1) is 11.0. The summed E-state index contributed by atoms with van der Waals surface area (Å²) in [5, 5.41) is 6.89. The summed E-state index contributed by atoms with van der Waals surface area (Å²) in [6.07, 6.45) is 1.22. The molecule has 2 nitrogen and oxygen atoms in total. The summed E-state index contributed by atoms with van der Waals surface area (Å²) < 4.78 is 1.15. The second-order valence-electron chi connectivity index (χ2n) is 3.95. The molecular weight excluding hydrogens is 252 g/mol. The Morgan fingerprint density at radius 2 is 2.40 bits per heavy atom. The van der Waals surface area contributed by atoms with Gasteiger partial charge in [0.1, 0.15) is 0 Å². The maximum Gasteiger partial charge on any atom is 0.0387 e. The molecule has 1 aromatic carbocycles. The van der Waals surface area contributed by atoms with Crippen LogP contribution in [0.15, 0.2) is 22.7 Å². The van der Waals surface area contributed by atoms with Gasteiger partial charge in [-0.3, -0.25) is 0 Å². The van der Waals surface area contributed by atoms with Crippen LogP contribution in [-0.2, 0) is 0 Å². The van der Waals surface area contributed by atoms with Gasteiger partial charge in [-0.25, -0.2) is 0 Å². The molecule has 1 unspecified atom stereocenters. The minimum absolute atomic E-state index is 0.661. The van der Waals surface area contributed by atoms with E-state index < -0.39 is 0 Å². The van der Waals surface area contributed by atoms with Crippen LogP contribution in [0.5, 0.6) is 0 Å². The highest BCUT2D eigenvalue weighted by atomic mass is 79.9. The molecule has 0 amide bonds. The van der Waals surface area contributed by atoms with Crippen LogP contribution in [0.25, 0.3) is 0 Å². The standard InChI is InChI=1S/C12H17BrN2/c1-2-14-8-9-5-6-15-12-7-10(13)3-4-11(9)12/h3-4,7,9,14-15H,2,5-6,8H2,1H3. The van der Waals surface area contributed by atoms with Gasteiger partial charge < -0.3 is 10.6 Å². The number of hydrogen-bond donors (Lipinski definition) is 2. The molecule has 0 bridgehead atoms. The molecule has 15 heavy (non-hydrogen) atoms. The normalized spacial score (nSPS) is 19.5. The number of benzene rings is 1. The molecule has 0 saturated carbocycles. The second kappa shape index (κ2) is 4.99. The van der Waals surface area contributed by atoms with Crippen molar-refractivity contribution in [2.24, 2.45) is 0 Å². The summed E-state index contributed by atoms with van der Waals surface area (Å²) in [5.74, 6) is 0.661. The number of nitrogens with one attached hydrogen (secondary N) is 2. The van der Waals surface area contributed by atoms with Crippen molar-refractivity contribution in [1.82, 2.24) is 5.32 Å². The lowest BCUT2D eigenvalue weighted by molar-refractivity contribution is 0.563. The van der Waals surface area contributed by atoms with Crippen LogP contribution in [0, 0.1) is 0 Å². The predicted molar refractivity (Wildman–Crippen MR) is 68.5 cm³/mol. The molecule has 1 aliphatic heterocycles. The molecule has 1 atom stereocenters. The molecule has 0 aliphatic carbocycles. The van der Waals surface area contributed by atoms with Gasteiger partial charge in [-0.1, -0.05) is 28.9 Å². The van der Waals surface area contributed by atoms with E-state index >= 15 is 0 Å². The van der Waals surface area contributed by atoms with Crippen molar-refractivity contribution < 1.29 is 0 Å². The highest BCUT2D eigenvalue weighted by Gasteiger charge is 2.19. The molecule has 1 heterocycles. The summed E-state index contributed by atoms with van der Waals surface area (Å²) in [4.78, 5) is 0. The van der Waals surface area contributed by atoms with Crippen LogP contribution < -0.4 is 10.6 Å². The molecule has 0 aromatic heterocycles. The molecule has 2 rings (SSSR count). The molecule has 1 aromatic rings. The number of fused-ring (bicyclic) bond motifs is 1. The first-order valence-corrected chi connectivity index (χ1v) is 6.34. The van der Waals surface area contributed by atoms with E-state index in [0.717, 1.165) is 24.1 Å². The van der Waals surface area contributed by atoms with E-state index in [4.69, 9.17) is 0 Å². The van der Waals surface area contributed by atoms with Crippen LogP contribution in [0.3, 0.4) is 0 Å². The smallest absolute Gasteiger partial charge is 0.0387 e. The average molecular weight is 269 g/mol. The maximum absolute atomic E-state index is 3.51. The first-order valence-electron chi connectivity index (χ1n) is 5.55. The number of anilines is 1. The SMILES string of the molecule is CCNCC1CCNc2cc(Br)ccc21. The van der Waals surface area contributed by atoms with E-state index in [-0.39, 0.29) is 0 Å². The van der Waals surface area contributed by atoms with E-state index in [1.54, 1.807) is 0 Å². The van der Waals surface area contributed by atoms with E-state index in [1.807, 2.05) is 0 Å². The van der Waals surface area contributed by atoms with Crippen molar-refractivity contribution >= 4 is 21.6 Å². The molecule has 3 heteroatoms. The Morgan fingerprint density at radius 1 is 1.53 bits per heavy atom. The third-order valence-corrected chi connectivity index (χ3v) is 3.40. The van der Waals surface area contributed by atoms with Gasteiger partial charge in [0.2, 0.25) is 0 Å². The van der Waals surface area contributed by atoms with Crippen LogP contribution in [0.4, 0.5) is 5.69 Å². The Morgan fingerprint density at radius 3 is 3.20 bits per heavy atom. The van der Waals surface area contributed by atoms with Gasteiger partial charge in [-0.2, -0.15) is 0 Å². The quantitative estimate of drug-likeness (QED) is 0.881. The second-order valence-corrected chi connectivity index (χ2v) is 4.87. The zero-order chi connectivity index (χ0) is 10.7. The Hall–Kier alpha value is -0.540. The minimum atomic E-state index is 0.661. The molecule has 0 fully saturated rings. The highest BCUT2D eigenvalue weighted by Crippen LogP contribution is 2.32. The highest BCUT2D eigenvalue weighted by molar-refractivity contribution is 9.10. The summed E-state index contributed by atoms with van der Waals surface area (Å²) in [6, 6.07) is 6.53. The number of hydrogen-bond acceptors (Lipinski definition) is 2. The van der Waals surface area contributed by atoms with Crippen molar-refractivity contribution in [3.63, 3.8) is 0 Å². The molecular formula is C12H17BrN2. The zero-order valence-corrected chi connectivity index (χ0v) is 10.6. The van der Waals surface area contributed by atoms with Crippen LogP contribution in [0.1, 0.15) is 24.8 Å². The number of likely N-dealkylation sites (N-methyl/N-ethyl adjacent to an activating group) is 1. The van der Waals surface area contributed by atoms with Crippen molar-refractivity contribution in [2.45, 2.75) is 19.3 Å². The summed E-state index contributed by atoms with van der Waals surface area (Å²) in [6.45, 7) is 5.38. The Bertz CT molecular complexity index is 338. The Kier molecular flexibility index (Phi) is 3.65. The average Bonchev–Trinajstić information content (AvgIpc) is 2.25. The first-order chi connectivity index (χ1) is 7.31. The molecule has 0 spiro atoms. The van der Waals surface area contributed by atoms with E-state index in [9.17, 15) is 0 Å². The lowest BCUT2D eigenvalue weighted by atomic mass is 9.91. The Balaban J connectivity index is 2.18. The van der Waals surface area contributed by atoms with Crippen molar-refractivity contribution in [1.29, 1.82) is 0 Å². The van der Waals surface area contributed by atoms with Crippen molar-refractivity contribution in [3.8, 4) is 0 Å². The minimum Gasteiger partial charge on any atom is -0.385 e. The summed E-state index contributed by atoms with van der Waals surface area (Å²) >= 11 is 3.51. The number of rotatable bonds is 3. The lowest BCUT2D eigenvalue weighted by Gasteiger charge is -2.27. The third kappa shape index (κ3) is 2.52. The maximum atomic E-state index is 3.51. The van der Waals surface area contributed by atoms with Crippen LogP contribution >= 0.6 is 15.9 Å². The van der Waals surface area contributed by atoms with Gasteiger partial charge in [0.15, 0.2) is 0 Å². The van der Waals surface area contributed by atoms with Gasteiger partial charge in [-0.05, 0) is 30.7 Å². The summed E-state index contributed by atoms with van der Waals surface area (Å²) in [5.41, 5.74) is 2.74. The molecule has 0 saturated heterocycles. The van der Waals surface area contributed by atoms with Crippen molar-refractivity contribution in [3.05, 3.63) is 28.2 Å². The third-order valence-electron chi connectivity index (χ3n) is 2.90. The van der Waals surface area contributed by atoms with Gasteiger partial charge in [0.05, 0.1) is 0 Å².